The van der Waals surface area contributed by atoms with Gasteiger partial charge in [0.15, 0.2) is 17.0 Å². The summed E-state index contributed by atoms with van der Waals surface area (Å²) in [5.74, 6) is 1.60. The molecule has 5 rings (SSSR count). The smallest absolute Gasteiger partial charge is 0.289 e. The second-order valence-electron chi connectivity index (χ2n) is 7.40. The molecule has 2 aromatic carbocycles. The Morgan fingerprint density at radius 3 is 2.38 bits per heavy atom. The summed E-state index contributed by atoms with van der Waals surface area (Å²) < 4.78 is 11.4. The van der Waals surface area contributed by atoms with Gasteiger partial charge < -0.3 is 19.0 Å². The summed E-state index contributed by atoms with van der Waals surface area (Å²) in [5, 5.41) is 8.87. The van der Waals surface area contributed by atoms with E-state index in [1.165, 1.54) is 6.07 Å². The van der Waals surface area contributed by atoms with E-state index in [2.05, 4.69) is 15.1 Å². The molecule has 0 spiro atoms. The summed E-state index contributed by atoms with van der Waals surface area (Å²) in [6, 6.07) is 21.2. The lowest BCUT2D eigenvalue weighted by Gasteiger charge is -2.34. The van der Waals surface area contributed by atoms with Crippen LogP contribution >= 0.6 is 0 Å². The molecule has 0 saturated carbocycles. The molecule has 1 aliphatic rings. The van der Waals surface area contributed by atoms with Gasteiger partial charge in [-0.15, -0.1) is 10.2 Å². The molecule has 1 aliphatic heterocycles. The van der Waals surface area contributed by atoms with Crippen LogP contribution in [0.2, 0.25) is 0 Å². The van der Waals surface area contributed by atoms with Crippen LogP contribution in [0.4, 0.5) is 5.82 Å². The predicted molar refractivity (Wildman–Crippen MR) is 119 cm³/mol. The minimum absolute atomic E-state index is 0.0596. The normalized spacial score (nSPS) is 13.9. The van der Waals surface area contributed by atoms with Crippen LogP contribution in [0.3, 0.4) is 0 Å². The number of carbonyl (C=O) groups is 1. The molecular weight excluding hydrogens is 408 g/mol. The summed E-state index contributed by atoms with van der Waals surface area (Å²) in [5.41, 5.74) is 0.192. The lowest BCUT2D eigenvalue weighted by molar-refractivity contribution is 0.0715. The Morgan fingerprint density at radius 2 is 1.62 bits per heavy atom. The van der Waals surface area contributed by atoms with Gasteiger partial charge in [-0.25, -0.2) is 0 Å². The van der Waals surface area contributed by atoms with Crippen molar-refractivity contribution in [2.24, 2.45) is 0 Å². The van der Waals surface area contributed by atoms with Gasteiger partial charge in [0.05, 0.1) is 5.39 Å². The molecule has 1 amide bonds. The van der Waals surface area contributed by atoms with E-state index in [-0.39, 0.29) is 17.1 Å². The van der Waals surface area contributed by atoms with Crippen LogP contribution in [0.1, 0.15) is 10.6 Å². The van der Waals surface area contributed by atoms with E-state index in [1.54, 1.807) is 35.2 Å². The third-order valence-electron chi connectivity index (χ3n) is 5.33. The number of fused-ring (bicyclic) bond motifs is 1. The third kappa shape index (κ3) is 4.02. The highest BCUT2D eigenvalue weighted by molar-refractivity contribution is 5.93. The fraction of sp³-hybridized carbons (Fsp3) is 0.167. The molecule has 0 bridgehead atoms. The monoisotopic (exact) mass is 428 g/mol. The number of hydrogen-bond donors (Lipinski definition) is 0. The number of hydrogen-bond acceptors (Lipinski definition) is 7. The molecule has 1 saturated heterocycles. The Labute approximate surface area is 183 Å². The summed E-state index contributed by atoms with van der Waals surface area (Å²) in [4.78, 5) is 28.9. The largest absolute Gasteiger partial charge is 0.451 e. The van der Waals surface area contributed by atoms with Gasteiger partial charge in [0, 0.05) is 38.3 Å². The number of anilines is 1. The topological polar surface area (TPSA) is 88.8 Å². The zero-order chi connectivity index (χ0) is 21.9. The van der Waals surface area contributed by atoms with Gasteiger partial charge in [-0.1, -0.05) is 30.3 Å². The first-order valence-corrected chi connectivity index (χ1v) is 10.3. The number of amides is 1. The molecule has 3 heterocycles. The molecule has 0 unspecified atom stereocenters. The first kappa shape index (κ1) is 19.7. The maximum Gasteiger partial charge on any atom is 0.289 e. The molecule has 8 nitrogen and oxygen atoms in total. The Morgan fingerprint density at radius 1 is 0.875 bits per heavy atom. The third-order valence-corrected chi connectivity index (χ3v) is 5.33. The number of ether oxygens (including phenoxy) is 1. The molecule has 0 radical (unpaired) electrons. The van der Waals surface area contributed by atoms with E-state index in [9.17, 15) is 9.59 Å². The molecule has 4 aromatic rings. The highest BCUT2D eigenvalue weighted by atomic mass is 16.5. The maximum atomic E-state index is 12.9. The summed E-state index contributed by atoms with van der Waals surface area (Å²) in [7, 11) is 0. The van der Waals surface area contributed by atoms with Crippen LogP contribution in [0.15, 0.2) is 82.0 Å². The van der Waals surface area contributed by atoms with Gasteiger partial charge in [-0.3, -0.25) is 9.59 Å². The summed E-state index contributed by atoms with van der Waals surface area (Å²) >= 11 is 0. The van der Waals surface area contributed by atoms with E-state index in [4.69, 9.17) is 9.15 Å². The lowest BCUT2D eigenvalue weighted by atomic mass is 10.2. The van der Waals surface area contributed by atoms with Crippen LogP contribution in [0.25, 0.3) is 11.0 Å². The van der Waals surface area contributed by atoms with E-state index < -0.39 is 0 Å². The molecule has 32 heavy (non-hydrogen) atoms. The van der Waals surface area contributed by atoms with Crippen LogP contribution < -0.4 is 15.1 Å². The summed E-state index contributed by atoms with van der Waals surface area (Å²) in [6.07, 6.45) is 0. The average molecular weight is 428 g/mol. The fourth-order valence-corrected chi connectivity index (χ4v) is 3.65. The molecule has 2 aromatic heterocycles. The zero-order valence-electron chi connectivity index (χ0n) is 17.2. The van der Waals surface area contributed by atoms with Crippen LogP contribution in [0.5, 0.6) is 11.6 Å². The van der Waals surface area contributed by atoms with Crippen molar-refractivity contribution in [2.75, 3.05) is 31.1 Å². The fourth-order valence-electron chi connectivity index (χ4n) is 3.65. The van der Waals surface area contributed by atoms with Crippen LogP contribution in [-0.2, 0) is 0 Å². The zero-order valence-corrected chi connectivity index (χ0v) is 17.2. The second kappa shape index (κ2) is 8.50. The molecule has 0 aliphatic carbocycles. The molecule has 0 N–H and O–H groups in total. The highest BCUT2D eigenvalue weighted by Gasteiger charge is 2.25. The number of benzene rings is 2. The first-order valence-electron chi connectivity index (χ1n) is 10.3. The number of piperazine rings is 1. The SMILES string of the molecule is O=C(c1cc(=O)c2ccccc2o1)N1CCN(c2ccc(Oc3ccccc3)nn2)CC1. The maximum absolute atomic E-state index is 12.9. The highest BCUT2D eigenvalue weighted by Crippen LogP contribution is 2.21. The van der Waals surface area contributed by atoms with Crippen molar-refractivity contribution >= 4 is 22.7 Å². The van der Waals surface area contributed by atoms with Crippen molar-refractivity contribution in [3.8, 4) is 11.6 Å². The predicted octanol–water partition coefficient (Wildman–Crippen LogP) is 3.34. The van der Waals surface area contributed by atoms with Crippen LogP contribution in [-0.4, -0.2) is 47.2 Å². The molecular formula is C24H20N4O4. The number of carbonyl (C=O) groups excluding carboxylic acids is 1. The van der Waals surface area contributed by atoms with Crippen molar-refractivity contribution in [1.29, 1.82) is 0 Å². The van der Waals surface area contributed by atoms with Gasteiger partial charge in [0.25, 0.3) is 5.91 Å². The van der Waals surface area contributed by atoms with E-state index in [1.807, 2.05) is 36.4 Å². The minimum atomic E-state index is -0.287. The van der Waals surface area contributed by atoms with Crippen molar-refractivity contribution in [1.82, 2.24) is 15.1 Å². The molecule has 1 fully saturated rings. The quantitative estimate of drug-likeness (QED) is 0.493. The van der Waals surface area contributed by atoms with Gasteiger partial charge >= 0.3 is 0 Å². The Bertz CT molecular complexity index is 1300. The van der Waals surface area contributed by atoms with Crippen molar-refractivity contribution in [2.45, 2.75) is 0 Å². The minimum Gasteiger partial charge on any atom is -0.451 e. The van der Waals surface area contributed by atoms with Crippen LogP contribution in [0, 0.1) is 0 Å². The Kier molecular flexibility index (Phi) is 5.25. The van der Waals surface area contributed by atoms with Crippen molar-refractivity contribution < 1.29 is 13.9 Å². The van der Waals surface area contributed by atoms with Gasteiger partial charge in [-0.2, -0.15) is 0 Å². The number of nitrogens with zero attached hydrogens (tertiary/aromatic N) is 4. The van der Waals surface area contributed by atoms with E-state index in [0.717, 1.165) is 5.82 Å². The second-order valence-corrected chi connectivity index (χ2v) is 7.40. The Balaban J connectivity index is 1.23. The Hall–Kier alpha value is -4.20. The molecule has 8 heteroatoms. The number of rotatable bonds is 4. The summed E-state index contributed by atoms with van der Waals surface area (Å²) in [6.45, 7) is 2.16. The first-order chi connectivity index (χ1) is 15.7. The van der Waals surface area contributed by atoms with Gasteiger partial charge in [-0.05, 0) is 30.3 Å². The van der Waals surface area contributed by atoms with Crippen molar-refractivity contribution in [3.05, 3.63) is 88.8 Å². The molecule has 160 valence electrons. The molecule has 0 atom stereocenters. The van der Waals surface area contributed by atoms with E-state index in [0.29, 0.717) is 48.8 Å². The average Bonchev–Trinajstić information content (AvgIpc) is 2.85. The number of para-hydroxylation sites is 2. The van der Waals surface area contributed by atoms with Crippen molar-refractivity contribution in [3.63, 3.8) is 0 Å². The van der Waals surface area contributed by atoms with Gasteiger partial charge in [0.1, 0.15) is 11.3 Å². The standard InChI is InChI=1S/C24H20N4O4/c29-19-16-21(32-20-9-5-4-8-18(19)20)24(30)28-14-12-27(13-15-28)22-10-11-23(26-25-22)31-17-6-2-1-3-7-17/h1-11,16H,12-15H2. The van der Waals surface area contributed by atoms with E-state index >= 15 is 0 Å². The number of aromatic nitrogens is 2. The lowest BCUT2D eigenvalue weighted by Crippen LogP contribution is -2.49. The van der Waals surface area contributed by atoms with Gasteiger partial charge in [0.2, 0.25) is 5.88 Å².